The fraction of sp³-hybridized carbons (Fsp3) is 0.158. The summed E-state index contributed by atoms with van der Waals surface area (Å²) in [5.41, 5.74) is 1.27. The van der Waals surface area contributed by atoms with Crippen molar-refractivity contribution in [1.82, 2.24) is 0 Å². The van der Waals surface area contributed by atoms with Gasteiger partial charge in [0, 0.05) is 0 Å². The zero-order chi connectivity index (χ0) is 17.4. The highest BCUT2D eigenvalue weighted by Crippen LogP contribution is 2.28. The Morgan fingerprint density at radius 1 is 1.08 bits per heavy atom. The number of para-hydroxylation sites is 1. The third kappa shape index (κ3) is 4.14. The molecule has 0 amide bonds. The summed E-state index contributed by atoms with van der Waals surface area (Å²) >= 11 is 0. The third-order valence-electron chi connectivity index (χ3n) is 3.28. The Labute approximate surface area is 140 Å². The van der Waals surface area contributed by atoms with Gasteiger partial charge in [-0.25, -0.2) is 0 Å². The van der Waals surface area contributed by atoms with Gasteiger partial charge in [0.15, 0.2) is 23.9 Å². The van der Waals surface area contributed by atoms with E-state index in [0.717, 1.165) is 5.56 Å². The van der Waals surface area contributed by atoms with Crippen molar-refractivity contribution < 1.29 is 19.0 Å². The molecular formula is C19H17NO4. The van der Waals surface area contributed by atoms with E-state index in [0.29, 0.717) is 22.8 Å². The second-order valence-electron chi connectivity index (χ2n) is 4.75. The first-order valence-electron chi connectivity index (χ1n) is 7.22. The molecule has 2 rings (SSSR count). The quantitative estimate of drug-likeness (QED) is 0.576. The van der Waals surface area contributed by atoms with E-state index in [9.17, 15) is 4.79 Å². The summed E-state index contributed by atoms with van der Waals surface area (Å²) in [4.78, 5) is 12.3. The maximum Gasteiger partial charge on any atom is 0.189 e. The van der Waals surface area contributed by atoms with Crippen molar-refractivity contribution >= 4 is 11.9 Å². The molecule has 0 saturated heterocycles. The summed E-state index contributed by atoms with van der Waals surface area (Å²) in [5.74, 6) is 1.35. The first kappa shape index (κ1) is 17.1. The van der Waals surface area contributed by atoms with Crippen LogP contribution in [0.1, 0.15) is 15.9 Å². The van der Waals surface area contributed by atoms with Crippen molar-refractivity contribution in [1.29, 1.82) is 5.26 Å². The number of nitrogens with zero attached hydrogens (tertiary/aromatic N) is 1. The van der Waals surface area contributed by atoms with E-state index in [1.165, 1.54) is 20.3 Å². The number of rotatable bonds is 7. The number of hydrogen-bond acceptors (Lipinski definition) is 5. The van der Waals surface area contributed by atoms with Crippen LogP contribution in [0.2, 0.25) is 0 Å². The normalized spacial score (nSPS) is 10.2. The lowest BCUT2D eigenvalue weighted by molar-refractivity contribution is 0.104. The number of nitriles is 1. The van der Waals surface area contributed by atoms with Crippen LogP contribution < -0.4 is 14.2 Å². The van der Waals surface area contributed by atoms with Gasteiger partial charge in [-0.2, -0.15) is 5.26 Å². The monoisotopic (exact) mass is 323 g/mol. The molecule has 0 heterocycles. The highest BCUT2D eigenvalue weighted by molar-refractivity contribution is 6.08. The molecule has 0 unspecified atom stereocenters. The van der Waals surface area contributed by atoms with Gasteiger partial charge in [-0.1, -0.05) is 24.3 Å². The zero-order valence-corrected chi connectivity index (χ0v) is 13.5. The predicted molar refractivity (Wildman–Crippen MR) is 90.5 cm³/mol. The summed E-state index contributed by atoms with van der Waals surface area (Å²) in [6, 6.07) is 14.2. The largest absolute Gasteiger partial charge is 0.496 e. The van der Waals surface area contributed by atoms with Crippen LogP contribution in [0.15, 0.2) is 48.5 Å². The van der Waals surface area contributed by atoms with E-state index in [-0.39, 0.29) is 12.4 Å². The topological polar surface area (TPSA) is 68.6 Å². The fourth-order valence-corrected chi connectivity index (χ4v) is 2.13. The zero-order valence-electron chi connectivity index (χ0n) is 13.5. The Bertz CT molecular complexity index is 790. The van der Waals surface area contributed by atoms with E-state index < -0.39 is 0 Å². The second-order valence-corrected chi connectivity index (χ2v) is 4.75. The van der Waals surface area contributed by atoms with Crippen LogP contribution in [-0.2, 0) is 0 Å². The lowest BCUT2D eigenvalue weighted by Crippen LogP contribution is -1.98. The average Bonchev–Trinajstić information content (AvgIpc) is 2.64. The number of hydrogen-bond donors (Lipinski definition) is 0. The van der Waals surface area contributed by atoms with Crippen molar-refractivity contribution in [2.45, 2.75) is 0 Å². The molecule has 5 heteroatoms. The molecule has 0 spiro atoms. The van der Waals surface area contributed by atoms with Crippen molar-refractivity contribution in [2.75, 3.05) is 20.8 Å². The summed E-state index contributed by atoms with van der Waals surface area (Å²) in [6.07, 6.45) is 3.16. The van der Waals surface area contributed by atoms with Crippen LogP contribution in [0.3, 0.4) is 0 Å². The van der Waals surface area contributed by atoms with E-state index in [1.54, 1.807) is 42.5 Å². The molecule has 0 aliphatic rings. The van der Waals surface area contributed by atoms with Crippen LogP contribution in [0.5, 0.6) is 17.2 Å². The Hall–Kier alpha value is -3.26. The number of ketones is 1. The first-order chi connectivity index (χ1) is 11.7. The van der Waals surface area contributed by atoms with Gasteiger partial charge in [0.25, 0.3) is 0 Å². The van der Waals surface area contributed by atoms with Gasteiger partial charge < -0.3 is 14.2 Å². The number of ether oxygens (including phenoxy) is 3. The van der Waals surface area contributed by atoms with Gasteiger partial charge in [0.1, 0.15) is 11.8 Å². The van der Waals surface area contributed by atoms with Crippen LogP contribution >= 0.6 is 0 Å². The van der Waals surface area contributed by atoms with Gasteiger partial charge in [-0.05, 0) is 35.9 Å². The van der Waals surface area contributed by atoms with E-state index in [1.807, 2.05) is 12.1 Å². The molecule has 2 aromatic carbocycles. The van der Waals surface area contributed by atoms with E-state index >= 15 is 0 Å². The van der Waals surface area contributed by atoms with E-state index in [4.69, 9.17) is 19.5 Å². The Morgan fingerprint density at radius 3 is 2.54 bits per heavy atom. The van der Waals surface area contributed by atoms with E-state index in [2.05, 4.69) is 0 Å². The lowest BCUT2D eigenvalue weighted by Gasteiger charge is -2.09. The number of methoxy groups -OCH3 is 2. The highest BCUT2D eigenvalue weighted by atomic mass is 16.5. The molecule has 0 atom stereocenters. The summed E-state index contributed by atoms with van der Waals surface area (Å²) < 4.78 is 15.7. The minimum atomic E-state index is -0.156. The minimum absolute atomic E-state index is 0.0577. The smallest absolute Gasteiger partial charge is 0.189 e. The fourth-order valence-electron chi connectivity index (χ4n) is 2.13. The van der Waals surface area contributed by atoms with Crippen LogP contribution in [0.4, 0.5) is 0 Å². The molecule has 0 aromatic heterocycles. The average molecular weight is 323 g/mol. The van der Waals surface area contributed by atoms with Gasteiger partial charge in [0.2, 0.25) is 0 Å². The standard InChI is InChI=1S/C19H17NO4/c1-22-17-6-4-3-5-15(17)16(21)9-7-14-8-10-18(24-12-11-20)19(13-14)23-2/h3-10,13H,12H2,1-2H3/b9-7+. The van der Waals surface area contributed by atoms with Crippen molar-refractivity contribution in [2.24, 2.45) is 0 Å². The molecule has 0 aliphatic heterocycles. The number of carbonyl (C=O) groups excluding carboxylic acids is 1. The van der Waals surface area contributed by atoms with Gasteiger partial charge in [0.05, 0.1) is 19.8 Å². The number of benzene rings is 2. The lowest BCUT2D eigenvalue weighted by atomic mass is 10.1. The van der Waals surface area contributed by atoms with Crippen molar-refractivity contribution in [3.8, 4) is 23.3 Å². The van der Waals surface area contributed by atoms with Crippen LogP contribution in [0.25, 0.3) is 6.08 Å². The van der Waals surface area contributed by atoms with Crippen molar-refractivity contribution in [3.05, 3.63) is 59.7 Å². The molecule has 0 aliphatic carbocycles. The molecule has 0 N–H and O–H groups in total. The molecule has 2 aromatic rings. The number of allylic oxidation sites excluding steroid dienone is 1. The minimum Gasteiger partial charge on any atom is -0.496 e. The molecule has 122 valence electrons. The Balaban J connectivity index is 2.19. The second kappa shape index (κ2) is 8.39. The van der Waals surface area contributed by atoms with Crippen LogP contribution in [-0.4, -0.2) is 26.6 Å². The summed E-state index contributed by atoms with van der Waals surface area (Å²) in [7, 11) is 3.04. The molecule has 0 radical (unpaired) electrons. The van der Waals surface area contributed by atoms with Crippen LogP contribution in [0, 0.1) is 11.3 Å². The van der Waals surface area contributed by atoms with Crippen molar-refractivity contribution in [3.63, 3.8) is 0 Å². The Kier molecular flexibility index (Phi) is 5.98. The first-order valence-corrected chi connectivity index (χ1v) is 7.22. The predicted octanol–water partition coefficient (Wildman–Crippen LogP) is 3.50. The number of carbonyl (C=O) groups is 1. The molecule has 0 fully saturated rings. The Morgan fingerprint density at radius 2 is 1.83 bits per heavy atom. The third-order valence-corrected chi connectivity index (χ3v) is 3.28. The maximum atomic E-state index is 12.3. The molecular weight excluding hydrogens is 306 g/mol. The highest BCUT2D eigenvalue weighted by Gasteiger charge is 2.09. The summed E-state index contributed by atoms with van der Waals surface area (Å²) in [6.45, 7) is -0.0577. The molecule has 0 saturated carbocycles. The maximum absolute atomic E-state index is 12.3. The van der Waals surface area contributed by atoms with Gasteiger partial charge >= 0.3 is 0 Å². The molecule has 24 heavy (non-hydrogen) atoms. The molecule has 5 nitrogen and oxygen atoms in total. The molecule has 0 bridgehead atoms. The SMILES string of the molecule is COc1cc(/C=C/C(=O)c2ccccc2OC)ccc1OCC#N. The van der Waals surface area contributed by atoms with Gasteiger partial charge in [-0.3, -0.25) is 4.79 Å². The summed E-state index contributed by atoms with van der Waals surface area (Å²) in [5, 5.41) is 8.57. The van der Waals surface area contributed by atoms with Gasteiger partial charge in [-0.15, -0.1) is 0 Å².